The molecule has 0 atom stereocenters. The summed E-state index contributed by atoms with van der Waals surface area (Å²) in [6, 6.07) is 3.70. The van der Waals surface area contributed by atoms with Crippen LogP contribution in [0.3, 0.4) is 0 Å². The van der Waals surface area contributed by atoms with Crippen LogP contribution < -0.4 is 4.90 Å². The maximum absolute atomic E-state index is 9.12. The van der Waals surface area contributed by atoms with E-state index >= 15 is 0 Å². The minimum atomic E-state index is -0.116. The van der Waals surface area contributed by atoms with Gasteiger partial charge in [0.15, 0.2) is 0 Å². The van der Waals surface area contributed by atoms with Gasteiger partial charge < -0.3 is 10.0 Å². The molecule has 0 unspecified atom stereocenters. The second-order valence-corrected chi connectivity index (χ2v) is 4.42. The zero-order valence-electron chi connectivity index (χ0n) is 9.28. The molecule has 1 aliphatic rings. The molecule has 0 aromatic carbocycles. The monoisotopic (exact) mass is 238 g/mol. The fraction of sp³-hybridized carbons (Fsp3) is 0.417. The van der Waals surface area contributed by atoms with Crippen LogP contribution in [0.4, 0.5) is 5.82 Å². The normalized spacial score (nSPS) is 16.2. The van der Waals surface area contributed by atoms with Gasteiger partial charge in [-0.15, -0.1) is 0 Å². The standard InChI is InChI=1S/C12H15ClN2O/c1-9-3-2-6-15(7-9)12-5-4-10(13)11(8-16)14-12/h3-5,16H,2,6-8H2,1H3. The van der Waals surface area contributed by atoms with E-state index in [-0.39, 0.29) is 6.61 Å². The molecule has 0 saturated heterocycles. The van der Waals surface area contributed by atoms with E-state index in [9.17, 15) is 0 Å². The average molecular weight is 239 g/mol. The van der Waals surface area contributed by atoms with Crippen LogP contribution in [0.2, 0.25) is 5.02 Å². The zero-order valence-corrected chi connectivity index (χ0v) is 10.0. The SMILES string of the molecule is CC1=CCCN(c2ccc(Cl)c(CO)n2)C1. The first kappa shape index (κ1) is 11.4. The number of pyridine rings is 1. The van der Waals surface area contributed by atoms with Gasteiger partial charge in [0.05, 0.1) is 17.3 Å². The predicted molar refractivity (Wildman–Crippen MR) is 65.8 cm³/mol. The van der Waals surface area contributed by atoms with Crippen molar-refractivity contribution in [2.45, 2.75) is 20.0 Å². The van der Waals surface area contributed by atoms with Crippen molar-refractivity contribution in [1.82, 2.24) is 4.98 Å². The molecule has 4 heteroatoms. The van der Waals surface area contributed by atoms with Crippen molar-refractivity contribution in [3.63, 3.8) is 0 Å². The van der Waals surface area contributed by atoms with Crippen molar-refractivity contribution in [2.75, 3.05) is 18.0 Å². The number of hydrogen-bond acceptors (Lipinski definition) is 3. The summed E-state index contributed by atoms with van der Waals surface area (Å²) in [4.78, 5) is 6.56. The maximum atomic E-state index is 9.12. The molecule has 16 heavy (non-hydrogen) atoms. The van der Waals surface area contributed by atoms with Gasteiger partial charge in [-0.3, -0.25) is 0 Å². The largest absolute Gasteiger partial charge is 0.390 e. The lowest BCUT2D eigenvalue weighted by Gasteiger charge is -2.27. The van der Waals surface area contributed by atoms with Crippen LogP contribution in [0.1, 0.15) is 19.0 Å². The van der Waals surface area contributed by atoms with Crippen LogP contribution in [-0.4, -0.2) is 23.2 Å². The lowest BCUT2D eigenvalue weighted by Crippen LogP contribution is -2.30. The molecular formula is C12H15ClN2O. The molecule has 0 aliphatic carbocycles. The Hall–Kier alpha value is -1.06. The number of hydrogen-bond donors (Lipinski definition) is 1. The number of aromatic nitrogens is 1. The van der Waals surface area contributed by atoms with Crippen molar-refractivity contribution in [1.29, 1.82) is 0 Å². The van der Waals surface area contributed by atoms with Crippen molar-refractivity contribution in [2.24, 2.45) is 0 Å². The van der Waals surface area contributed by atoms with E-state index in [0.717, 1.165) is 25.3 Å². The van der Waals surface area contributed by atoms with Crippen LogP contribution in [0.15, 0.2) is 23.8 Å². The quantitative estimate of drug-likeness (QED) is 0.804. The predicted octanol–water partition coefficient (Wildman–Crippen LogP) is 2.38. The Morgan fingerprint density at radius 1 is 1.50 bits per heavy atom. The Balaban J connectivity index is 2.24. The molecule has 0 radical (unpaired) electrons. The van der Waals surface area contributed by atoms with Crippen LogP contribution in [0.25, 0.3) is 0 Å². The van der Waals surface area contributed by atoms with Crippen LogP contribution in [0, 0.1) is 0 Å². The van der Waals surface area contributed by atoms with E-state index in [1.165, 1.54) is 5.57 Å². The second-order valence-electron chi connectivity index (χ2n) is 4.02. The lowest BCUT2D eigenvalue weighted by atomic mass is 10.1. The smallest absolute Gasteiger partial charge is 0.129 e. The number of halogens is 1. The summed E-state index contributed by atoms with van der Waals surface area (Å²) in [7, 11) is 0. The highest BCUT2D eigenvalue weighted by Crippen LogP contribution is 2.22. The molecule has 0 spiro atoms. The van der Waals surface area contributed by atoms with Gasteiger partial charge in [0.1, 0.15) is 5.82 Å². The molecule has 2 heterocycles. The van der Waals surface area contributed by atoms with Gasteiger partial charge in [0, 0.05) is 13.1 Å². The van der Waals surface area contributed by atoms with Gasteiger partial charge in [-0.1, -0.05) is 23.3 Å². The number of anilines is 1. The molecule has 1 aromatic rings. The first-order chi connectivity index (χ1) is 7.70. The van der Waals surface area contributed by atoms with Gasteiger partial charge in [-0.25, -0.2) is 4.98 Å². The van der Waals surface area contributed by atoms with Crippen molar-refractivity contribution in [3.8, 4) is 0 Å². The highest BCUT2D eigenvalue weighted by Gasteiger charge is 2.13. The van der Waals surface area contributed by atoms with E-state index in [1.807, 2.05) is 6.07 Å². The number of aliphatic hydroxyl groups excluding tert-OH is 1. The molecule has 0 fully saturated rings. The Bertz CT molecular complexity index is 417. The summed E-state index contributed by atoms with van der Waals surface area (Å²) in [5, 5.41) is 9.64. The molecule has 0 saturated carbocycles. The van der Waals surface area contributed by atoms with Crippen molar-refractivity contribution >= 4 is 17.4 Å². The summed E-state index contributed by atoms with van der Waals surface area (Å²) in [6.45, 7) is 3.88. The fourth-order valence-electron chi connectivity index (χ4n) is 1.87. The van der Waals surface area contributed by atoms with E-state index < -0.39 is 0 Å². The molecule has 3 nitrogen and oxygen atoms in total. The Kier molecular flexibility index (Phi) is 3.46. The zero-order chi connectivity index (χ0) is 11.5. The van der Waals surface area contributed by atoms with Gasteiger partial charge in [-0.05, 0) is 25.5 Å². The maximum Gasteiger partial charge on any atom is 0.129 e. The van der Waals surface area contributed by atoms with Crippen molar-refractivity contribution < 1.29 is 5.11 Å². The molecule has 2 rings (SSSR count). The summed E-state index contributed by atoms with van der Waals surface area (Å²) >= 11 is 5.91. The Morgan fingerprint density at radius 2 is 2.31 bits per heavy atom. The number of nitrogens with zero attached hydrogens (tertiary/aromatic N) is 2. The molecule has 0 amide bonds. The summed E-state index contributed by atoms with van der Waals surface area (Å²) < 4.78 is 0. The van der Waals surface area contributed by atoms with Crippen LogP contribution in [-0.2, 0) is 6.61 Å². The van der Waals surface area contributed by atoms with Crippen molar-refractivity contribution in [3.05, 3.63) is 34.5 Å². The molecule has 1 N–H and O–H groups in total. The minimum Gasteiger partial charge on any atom is -0.390 e. The van der Waals surface area contributed by atoms with Gasteiger partial charge in [0.25, 0.3) is 0 Å². The highest BCUT2D eigenvalue weighted by molar-refractivity contribution is 6.31. The first-order valence-corrected chi connectivity index (χ1v) is 5.75. The molecular weight excluding hydrogens is 224 g/mol. The van der Waals surface area contributed by atoms with Gasteiger partial charge in [0.2, 0.25) is 0 Å². The average Bonchev–Trinajstić information content (AvgIpc) is 2.29. The summed E-state index contributed by atoms with van der Waals surface area (Å²) in [6.07, 6.45) is 3.30. The van der Waals surface area contributed by atoms with E-state index in [2.05, 4.69) is 22.9 Å². The molecule has 0 bridgehead atoms. The molecule has 1 aliphatic heterocycles. The van der Waals surface area contributed by atoms with E-state index in [1.54, 1.807) is 6.07 Å². The highest BCUT2D eigenvalue weighted by atomic mass is 35.5. The second kappa shape index (κ2) is 4.85. The number of rotatable bonds is 2. The first-order valence-electron chi connectivity index (χ1n) is 5.37. The Labute approximate surface area is 100 Å². The van der Waals surface area contributed by atoms with Crippen LogP contribution in [0.5, 0.6) is 0 Å². The third-order valence-electron chi connectivity index (χ3n) is 2.71. The third-order valence-corrected chi connectivity index (χ3v) is 3.05. The van der Waals surface area contributed by atoms with Gasteiger partial charge in [-0.2, -0.15) is 0 Å². The summed E-state index contributed by atoms with van der Waals surface area (Å²) in [5.74, 6) is 0.890. The van der Waals surface area contributed by atoms with E-state index in [4.69, 9.17) is 16.7 Å². The minimum absolute atomic E-state index is 0.116. The topological polar surface area (TPSA) is 36.4 Å². The lowest BCUT2D eigenvalue weighted by molar-refractivity contribution is 0.277. The molecule has 86 valence electrons. The van der Waals surface area contributed by atoms with E-state index in [0.29, 0.717) is 10.7 Å². The summed E-state index contributed by atoms with van der Waals surface area (Å²) in [5.41, 5.74) is 1.90. The Morgan fingerprint density at radius 3 is 3.00 bits per heavy atom. The molecule has 1 aromatic heterocycles. The number of aliphatic hydroxyl groups is 1. The fourth-order valence-corrected chi connectivity index (χ4v) is 2.03. The van der Waals surface area contributed by atoms with Gasteiger partial charge >= 0.3 is 0 Å². The third kappa shape index (κ3) is 2.36. The van der Waals surface area contributed by atoms with Crippen LogP contribution >= 0.6 is 11.6 Å².